The molecule has 0 aromatic heterocycles. The van der Waals surface area contributed by atoms with Gasteiger partial charge in [-0.15, -0.1) is 0 Å². The third-order valence-corrected chi connectivity index (χ3v) is 5.15. The number of benzene rings is 1. The fraction of sp³-hybridized carbons (Fsp3) is 0.526. The Morgan fingerprint density at radius 1 is 1.19 bits per heavy atom. The summed E-state index contributed by atoms with van der Waals surface area (Å²) in [5, 5.41) is 2.79. The molecule has 1 saturated carbocycles. The second-order valence-corrected chi connectivity index (χ2v) is 7.36. The molecule has 1 amide bonds. The van der Waals surface area contributed by atoms with Gasteiger partial charge in [0, 0.05) is 6.20 Å². The zero-order valence-corrected chi connectivity index (χ0v) is 13.1. The highest BCUT2D eigenvalue weighted by atomic mass is 16.2. The lowest BCUT2D eigenvalue weighted by molar-refractivity contribution is -0.119. The van der Waals surface area contributed by atoms with Crippen LogP contribution in [0.1, 0.15) is 56.6 Å². The maximum atomic E-state index is 11.9. The lowest BCUT2D eigenvalue weighted by Crippen LogP contribution is -2.23. The number of rotatable bonds is 3. The lowest BCUT2D eigenvalue weighted by Gasteiger charge is -2.34. The Morgan fingerprint density at radius 2 is 1.90 bits per heavy atom. The molecule has 21 heavy (non-hydrogen) atoms. The predicted molar refractivity (Wildman–Crippen MR) is 85.9 cm³/mol. The maximum absolute atomic E-state index is 11.9. The number of amides is 1. The molecule has 0 radical (unpaired) electrons. The van der Waals surface area contributed by atoms with Gasteiger partial charge in [-0.2, -0.15) is 0 Å². The van der Waals surface area contributed by atoms with Crippen LogP contribution in [0.3, 0.4) is 0 Å². The summed E-state index contributed by atoms with van der Waals surface area (Å²) in [6.45, 7) is 4.76. The monoisotopic (exact) mass is 283 g/mol. The molecule has 2 heteroatoms. The van der Waals surface area contributed by atoms with E-state index in [4.69, 9.17) is 0 Å². The molecule has 0 saturated heterocycles. The molecular formula is C19H25NO. The zero-order chi connectivity index (χ0) is 14.9. The third kappa shape index (κ3) is 3.20. The molecule has 1 aromatic carbocycles. The minimum absolute atomic E-state index is 0.0961. The zero-order valence-electron chi connectivity index (χ0n) is 13.1. The summed E-state index contributed by atoms with van der Waals surface area (Å²) < 4.78 is 0. The van der Waals surface area contributed by atoms with Gasteiger partial charge in [0.1, 0.15) is 0 Å². The first-order chi connectivity index (χ1) is 10.1. The summed E-state index contributed by atoms with van der Waals surface area (Å²) in [5.41, 5.74) is 3.06. The number of hydrogen-bond donors (Lipinski definition) is 1. The lowest BCUT2D eigenvalue weighted by atomic mass is 9.71. The van der Waals surface area contributed by atoms with Crippen LogP contribution in [-0.4, -0.2) is 5.91 Å². The van der Waals surface area contributed by atoms with Gasteiger partial charge in [0.15, 0.2) is 0 Å². The number of nitrogens with one attached hydrogen (secondary N) is 1. The Hall–Kier alpha value is -1.57. The Morgan fingerprint density at radius 3 is 2.57 bits per heavy atom. The molecular weight excluding hydrogens is 258 g/mol. The van der Waals surface area contributed by atoms with E-state index in [1.165, 1.54) is 36.8 Å². The van der Waals surface area contributed by atoms with Gasteiger partial charge in [0.2, 0.25) is 5.91 Å². The Bertz CT molecular complexity index is 548. The van der Waals surface area contributed by atoms with E-state index < -0.39 is 0 Å². The fourth-order valence-corrected chi connectivity index (χ4v) is 3.65. The maximum Gasteiger partial charge on any atom is 0.235 e. The normalized spacial score (nSPS) is 25.0. The van der Waals surface area contributed by atoms with Crippen LogP contribution in [0.25, 0.3) is 0 Å². The van der Waals surface area contributed by atoms with Crippen LogP contribution in [0.4, 0.5) is 0 Å². The largest absolute Gasteiger partial charge is 0.332 e. The summed E-state index contributed by atoms with van der Waals surface area (Å²) in [6, 6.07) is 8.46. The second-order valence-electron chi connectivity index (χ2n) is 7.36. The van der Waals surface area contributed by atoms with Crippen molar-refractivity contribution in [1.82, 2.24) is 5.32 Å². The van der Waals surface area contributed by atoms with Crippen molar-refractivity contribution in [3.05, 3.63) is 47.7 Å². The van der Waals surface area contributed by atoms with Crippen molar-refractivity contribution in [2.45, 2.75) is 51.9 Å². The van der Waals surface area contributed by atoms with Gasteiger partial charge in [-0.3, -0.25) is 4.79 Å². The van der Waals surface area contributed by atoms with Gasteiger partial charge >= 0.3 is 0 Å². The molecule has 3 rings (SSSR count). The summed E-state index contributed by atoms with van der Waals surface area (Å²) in [6.07, 6.45) is 10.1. The van der Waals surface area contributed by atoms with E-state index in [1.807, 2.05) is 12.1 Å². The molecule has 1 fully saturated rings. The van der Waals surface area contributed by atoms with Crippen LogP contribution in [0.5, 0.6) is 0 Å². The summed E-state index contributed by atoms with van der Waals surface area (Å²) in [4.78, 5) is 11.9. The van der Waals surface area contributed by atoms with Crippen molar-refractivity contribution in [1.29, 1.82) is 0 Å². The van der Waals surface area contributed by atoms with Crippen molar-refractivity contribution in [3.63, 3.8) is 0 Å². The minimum atomic E-state index is -0.0961. The summed E-state index contributed by atoms with van der Waals surface area (Å²) in [7, 11) is 0. The molecule has 1 heterocycles. The molecule has 1 aromatic rings. The number of hydrogen-bond acceptors (Lipinski definition) is 1. The van der Waals surface area contributed by atoms with E-state index in [9.17, 15) is 4.79 Å². The second kappa shape index (κ2) is 5.67. The molecule has 0 spiro atoms. The fourth-order valence-electron chi connectivity index (χ4n) is 3.65. The van der Waals surface area contributed by atoms with Gasteiger partial charge in [-0.25, -0.2) is 0 Å². The average Bonchev–Trinajstić information content (AvgIpc) is 2.88. The van der Waals surface area contributed by atoms with Crippen molar-refractivity contribution in [3.8, 4) is 0 Å². The predicted octanol–water partition coefficient (Wildman–Crippen LogP) is 4.17. The average molecular weight is 283 g/mol. The first kappa shape index (κ1) is 14.4. The van der Waals surface area contributed by atoms with Crippen LogP contribution in [0.15, 0.2) is 36.5 Å². The van der Waals surface area contributed by atoms with E-state index in [0.717, 1.165) is 12.3 Å². The molecule has 1 unspecified atom stereocenters. The van der Waals surface area contributed by atoms with Crippen molar-refractivity contribution >= 4 is 5.91 Å². The minimum Gasteiger partial charge on any atom is -0.332 e. The van der Waals surface area contributed by atoms with E-state index in [-0.39, 0.29) is 11.8 Å². The highest BCUT2D eigenvalue weighted by Gasteiger charge is 2.28. The smallest absolute Gasteiger partial charge is 0.235 e. The van der Waals surface area contributed by atoms with Gasteiger partial charge in [-0.1, -0.05) is 44.2 Å². The van der Waals surface area contributed by atoms with Gasteiger partial charge in [-0.05, 0) is 54.6 Å². The number of carbonyl (C=O) groups is 1. The van der Waals surface area contributed by atoms with E-state index in [2.05, 4.69) is 37.4 Å². The van der Waals surface area contributed by atoms with Crippen LogP contribution in [0.2, 0.25) is 0 Å². The van der Waals surface area contributed by atoms with Crippen molar-refractivity contribution < 1.29 is 4.79 Å². The van der Waals surface area contributed by atoms with Gasteiger partial charge in [0.05, 0.1) is 5.92 Å². The molecule has 112 valence electrons. The standard InChI is InChI=1S/C19H25NO/c1-19(2)10-7-14(8-11-19)13-15-5-3-4-6-16(15)17-9-12-20-18(17)21/h3-6,9,12,14,17H,7-8,10-11,13H2,1-2H3,(H,20,21). The number of carbonyl (C=O) groups excluding carboxylic acids is 1. The molecule has 2 nitrogen and oxygen atoms in total. The third-order valence-electron chi connectivity index (χ3n) is 5.15. The van der Waals surface area contributed by atoms with E-state index in [0.29, 0.717) is 5.41 Å². The van der Waals surface area contributed by atoms with E-state index >= 15 is 0 Å². The van der Waals surface area contributed by atoms with Gasteiger partial charge in [0.25, 0.3) is 0 Å². The molecule has 1 aliphatic heterocycles. The first-order valence-electron chi connectivity index (χ1n) is 8.10. The quantitative estimate of drug-likeness (QED) is 0.886. The highest BCUT2D eigenvalue weighted by Crippen LogP contribution is 2.40. The van der Waals surface area contributed by atoms with Crippen LogP contribution < -0.4 is 5.32 Å². The van der Waals surface area contributed by atoms with Crippen LogP contribution in [-0.2, 0) is 11.2 Å². The Balaban J connectivity index is 1.74. The summed E-state index contributed by atoms with van der Waals surface area (Å²) in [5.74, 6) is 0.779. The first-order valence-corrected chi connectivity index (χ1v) is 8.10. The Kier molecular flexibility index (Phi) is 3.88. The molecule has 1 atom stereocenters. The van der Waals surface area contributed by atoms with Crippen LogP contribution >= 0.6 is 0 Å². The molecule has 1 aliphatic carbocycles. The SMILES string of the molecule is CC1(C)CCC(Cc2ccccc2C2C=CNC2=O)CC1. The van der Waals surface area contributed by atoms with Crippen LogP contribution in [0, 0.1) is 11.3 Å². The van der Waals surface area contributed by atoms with Crippen molar-refractivity contribution in [2.75, 3.05) is 0 Å². The molecule has 0 bridgehead atoms. The van der Waals surface area contributed by atoms with Crippen molar-refractivity contribution in [2.24, 2.45) is 11.3 Å². The Labute approximate surface area is 127 Å². The molecule has 2 aliphatic rings. The topological polar surface area (TPSA) is 29.1 Å². The molecule has 1 N–H and O–H groups in total. The summed E-state index contributed by atoms with van der Waals surface area (Å²) >= 11 is 0. The van der Waals surface area contributed by atoms with Gasteiger partial charge < -0.3 is 5.32 Å². The highest BCUT2D eigenvalue weighted by molar-refractivity contribution is 5.89. The van der Waals surface area contributed by atoms with E-state index in [1.54, 1.807) is 6.20 Å².